The maximum Gasteiger partial charge on any atom is 0.416 e. The number of ether oxygens (including phenoxy) is 2. The average molecular weight is 419 g/mol. The fourth-order valence-corrected chi connectivity index (χ4v) is 3.26. The molecule has 0 aliphatic carbocycles. The molecule has 6 nitrogen and oxygen atoms in total. The Bertz CT molecular complexity index is 1010. The predicted molar refractivity (Wildman–Crippen MR) is 101 cm³/mol. The van der Waals surface area contributed by atoms with Crippen LogP contribution in [0.25, 0.3) is 0 Å². The lowest BCUT2D eigenvalue weighted by Crippen LogP contribution is -2.39. The second kappa shape index (κ2) is 8.35. The van der Waals surface area contributed by atoms with Gasteiger partial charge in [-0.1, -0.05) is 35.5 Å². The summed E-state index contributed by atoms with van der Waals surface area (Å²) in [5.41, 5.74) is -0.225. The number of para-hydroxylation sites is 2. The van der Waals surface area contributed by atoms with Gasteiger partial charge < -0.3 is 14.0 Å². The molecule has 1 unspecified atom stereocenters. The number of nitrogens with zero attached hydrogens (tertiary/aromatic N) is 3. The second-order valence-corrected chi connectivity index (χ2v) is 7.17. The fraction of sp³-hybridized carbons (Fsp3) is 0.333. The summed E-state index contributed by atoms with van der Waals surface area (Å²) in [6.45, 7) is 1.41. The van der Waals surface area contributed by atoms with Crippen LogP contribution in [0, 0.1) is 0 Å². The van der Waals surface area contributed by atoms with E-state index in [-0.39, 0.29) is 12.5 Å². The Labute approximate surface area is 171 Å². The van der Waals surface area contributed by atoms with E-state index in [2.05, 4.69) is 10.1 Å². The number of aromatic nitrogens is 2. The van der Waals surface area contributed by atoms with Crippen LogP contribution >= 0.6 is 0 Å². The zero-order chi connectivity index (χ0) is 21.1. The normalized spacial score (nSPS) is 16.1. The monoisotopic (exact) mass is 419 g/mol. The molecule has 3 aromatic rings. The Morgan fingerprint density at radius 1 is 1.10 bits per heavy atom. The van der Waals surface area contributed by atoms with Crippen LogP contribution in [-0.2, 0) is 19.1 Å². The Hall–Kier alpha value is -3.07. The van der Waals surface area contributed by atoms with Crippen LogP contribution < -0.4 is 9.47 Å². The van der Waals surface area contributed by atoms with E-state index >= 15 is 0 Å². The van der Waals surface area contributed by atoms with E-state index in [4.69, 9.17) is 14.0 Å². The third-order valence-electron chi connectivity index (χ3n) is 4.61. The van der Waals surface area contributed by atoms with Crippen molar-refractivity contribution < 1.29 is 27.2 Å². The Morgan fingerprint density at radius 3 is 2.70 bits per heavy atom. The van der Waals surface area contributed by atoms with Crippen LogP contribution in [0.15, 0.2) is 53.1 Å². The Balaban J connectivity index is 1.32. The third-order valence-corrected chi connectivity index (χ3v) is 4.61. The zero-order valence-corrected chi connectivity index (χ0v) is 16.2. The summed E-state index contributed by atoms with van der Waals surface area (Å²) < 4.78 is 55.5. The average Bonchev–Trinajstić information content (AvgIpc) is 3.14. The lowest BCUT2D eigenvalue weighted by Gasteiger charge is -2.29. The first-order valence-corrected chi connectivity index (χ1v) is 9.41. The summed E-state index contributed by atoms with van der Waals surface area (Å²) in [6.07, 6.45) is -4.36. The summed E-state index contributed by atoms with van der Waals surface area (Å²) in [5.74, 6) is 2.16. The lowest BCUT2D eigenvalue weighted by molar-refractivity contribution is -0.137. The second-order valence-electron chi connectivity index (χ2n) is 7.17. The highest BCUT2D eigenvalue weighted by Gasteiger charge is 2.30. The predicted octanol–water partition coefficient (Wildman–Crippen LogP) is 3.95. The first kappa shape index (κ1) is 20.2. The molecule has 0 bridgehead atoms. The molecule has 1 aliphatic heterocycles. The Kier molecular flexibility index (Phi) is 5.63. The molecule has 2 aromatic carbocycles. The van der Waals surface area contributed by atoms with Crippen molar-refractivity contribution in [2.24, 2.45) is 0 Å². The van der Waals surface area contributed by atoms with Crippen molar-refractivity contribution in [3.8, 4) is 11.5 Å². The van der Waals surface area contributed by atoms with Crippen molar-refractivity contribution in [1.29, 1.82) is 0 Å². The van der Waals surface area contributed by atoms with Crippen LogP contribution in [0.2, 0.25) is 0 Å². The number of alkyl halides is 3. The number of halogens is 3. The molecular weight excluding hydrogens is 399 g/mol. The highest BCUT2D eigenvalue weighted by Crippen LogP contribution is 2.31. The summed E-state index contributed by atoms with van der Waals surface area (Å²) in [5, 5.41) is 3.88. The van der Waals surface area contributed by atoms with Gasteiger partial charge in [0.1, 0.15) is 12.7 Å². The number of likely N-dealkylation sites (N-methyl/N-ethyl adjacent to an activating group) is 1. The number of fused-ring (bicyclic) bond motifs is 1. The molecule has 1 atom stereocenters. The molecular formula is C21H20F3N3O3. The molecule has 0 fully saturated rings. The largest absolute Gasteiger partial charge is 0.486 e. The maximum absolute atomic E-state index is 12.9. The lowest BCUT2D eigenvalue weighted by atomic mass is 10.1. The van der Waals surface area contributed by atoms with Crippen LogP contribution in [0.4, 0.5) is 13.2 Å². The molecule has 30 heavy (non-hydrogen) atoms. The van der Waals surface area contributed by atoms with E-state index in [1.807, 2.05) is 36.2 Å². The highest BCUT2D eigenvalue weighted by molar-refractivity contribution is 5.40. The van der Waals surface area contributed by atoms with Gasteiger partial charge in [0.15, 0.2) is 17.3 Å². The van der Waals surface area contributed by atoms with Crippen LogP contribution in [0.5, 0.6) is 11.5 Å². The molecule has 0 spiro atoms. The van der Waals surface area contributed by atoms with Crippen molar-refractivity contribution in [3.63, 3.8) is 0 Å². The van der Waals surface area contributed by atoms with E-state index in [1.165, 1.54) is 6.07 Å². The number of hydrogen-bond donors (Lipinski definition) is 0. The minimum absolute atomic E-state index is 0.141. The van der Waals surface area contributed by atoms with Crippen molar-refractivity contribution >= 4 is 0 Å². The van der Waals surface area contributed by atoms with Crippen LogP contribution in [-0.4, -0.2) is 41.3 Å². The molecule has 0 amide bonds. The van der Waals surface area contributed by atoms with Crippen molar-refractivity contribution in [3.05, 3.63) is 71.4 Å². The summed E-state index contributed by atoms with van der Waals surface area (Å²) >= 11 is 0. The first-order valence-electron chi connectivity index (χ1n) is 9.41. The smallest absolute Gasteiger partial charge is 0.416 e. The quantitative estimate of drug-likeness (QED) is 0.603. The van der Waals surface area contributed by atoms with Gasteiger partial charge in [-0.2, -0.15) is 18.2 Å². The Morgan fingerprint density at radius 2 is 1.90 bits per heavy atom. The molecule has 0 saturated carbocycles. The highest BCUT2D eigenvalue weighted by atomic mass is 19.4. The van der Waals surface area contributed by atoms with Gasteiger partial charge in [0.25, 0.3) is 0 Å². The van der Waals surface area contributed by atoms with Gasteiger partial charge in [-0.3, -0.25) is 4.90 Å². The standard InChI is InChI=1S/C21H20F3N3O3/c1-27(11-16-13-28-17-7-2-3-8-18(17)29-16)12-20-25-19(26-30-20)10-14-5-4-6-15(9-14)21(22,23)24/h2-9,16H,10-13H2,1H3. The molecule has 9 heteroatoms. The maximum atomic E-state index is 12.9. The van der Waals surface area contributed by atoms with E-state index < -0.39 is 11.7 Å². The summed E-state index contributed by atoms with van der Waals surface area (Å²) in [4.78, 5) is 6.26. The van der Waals surface area contributed by atoms with E-state index in [9.17, 15) is 13.2 Å². The molecule has 0 radical (unpaired) electrons. The first-order chi connectivity index (χ1) is 14.4. The SMILES string of the molecule is CN(Cc1nc(Cc2cccc(C(F)(F)F)c2)no1)CC1COc2ccccc2O1. The summed E-state index contributed by atoms with van der Waals surface area (Å²) in [7, 11) is 1.89. The van der Waals surface area contributed by atoms with E-state index in [1.54, 1.807) is 6.07 Å². The number of benzene rings is 2. The van der Waals surface area contributed by atoms with E-state index in [0.717, 1.165) is 17.9 Å². The van der Waals surface area contributed by atoms with Crippen molar-refractivity contribution in [2.45, 2.75) is 25.2 Å². The minimum Gasteiger partial charge on any atom is -0.486 e. The van der Waals surface area contributed by atoms with Gasteiger partial charge in [-0.05, 0) is 30.8 Å². The number of rotatable bonds is 6. The van der Waals surface area contributed by atoms with Gasteiger partial charge in [0.2, 0.25) is 5.89 Å². The fourth-order valence-electron chi connectivity index (χ4n) is 3.26. The van der Waals surface area contributed by atoms with Gasteiger partial charge in [-0.25, -0.2) is 0 Å². The van der Waals surface area contributed by atoms with Gasteiger partial charge >= 0.3 is 6.18 Å². The number of hydrogen-bond acceptors (Lipinski definition) is 6. The van der Waals surface area contributed by atoms with E-state index in [0.29, 0.717) is 42.7 Å². The van der Waals surface area contributed by atoms with Gasteiger partial charge in [0, 0.05) is 13.0 Å². The molecule has 1 aromatic heterocycles. The van der Waals surface area contributed by atoms with Crippen LogP contribution in [0.1, 0.15) is 22.8 Å². The summed E-state index contributed by atoms with van der Waals surface area (Å²) in [6, 6.07) is 12.6. The minimum atomic E-state index is -4.38. The van der Waals surface area contributed by atoms with Crippen molar-refractivity contribution in [2.75, 3.05) is 20.2 Å². The third kappa shape index (κ3) is 4.91. The van der Waals surface area contributed by atoms with Gasteiger partial charge in [0.05, 0.1) is 12.1 Å². The van der Waals surface area contributed by atoms with Crippen LogP contribution in [0.3, 0.4) is 0 Å². The molecule has 4 rings (SSSR count). The van der Waals surface area contributed by atoms with Gasteiger partial charge in [-0.15, -0.1) is 0 Å². The molecule has 1 aliphatic rings. The topological polar surface area (TPSA) is 60.6 Å². The zero-order valence-electron chi connectivity index (χ0n) is 16.2. The molecule has 0 saturated heterocycles. The molecule has 158 valence electrons. The molecule has 2 heterocycles. The molecule has 0 N–H and O–H groups in total. The van der Waals surface area contributed by atoms with Crippen molar-refractivity contribution in [1.82, 2.24) is 15.0 Å².